The number of hydrogen-bond donors (Lipinski definition) is 1. The maximum Gasteiger partial charge on any atom is 0.210 e. The lowest BCUT2D eigenvalue weighted by Gasteiger charge is -2.08. The molecule has 0 amide bonds. The Morgan fingerprint density at radius 3 is 2.86 bits per heavy atom. The van der Waals surface area contributed by atoms with E-state index in [2.05, 4.69) is 43.0 Å². The number of halogens is 1. The van der Waals surface area contributed by atoms with Gasteiger partial charge in [0.05, 0.1) is 17.3 Å². The third-order valence-corrected chi connectivity index (χ3v) is 4.58. The van der Waals surface area contributed by atoms with Crippen LogP contribution in [0.15, 0.2) is 32.2 Å². The van der Waals surface area contributed by atoms with E-state index in [0.29, 0.717) is 16.8 Å². The van der Waals surface area contributed by atoms with Crippen LogP contribution in [-0.2, 0) is 6.54 Å². The molecule has 1 heterocycles. The van der Waals surface area contributed by atoms with Crippen LogP contribution >= 0.6 is 27.3 Å². The first-order valence-corrected chi connectivity index (χ1v) is 8.61. The number of phenolic OH excluding ortho intramolecular Hbond substituents is 1. The Morgan fingerprint density at radius 1 is 1.41 bits per heavy atom. The van der Waals surface area contributed by atoms with Crippen LogP contribution in [0, 0.1) is 6.92 Å². The first-order valence-electron chi connectivity index (χ1n) is 6.94. The van der Waals surface area contributed by atoms with Gasteiger partial charge in [-0.1, -0.05) is 0 Å². The highest BCUT2D eigenvalue weighted by Crippen LogP contribution is 2.35. The average Bonchev–Trinajstić information content (AvgIpc) is 2.84. The minimum absolute atomic E-state index is 0.0913. The van der Waals surface area contributed by atoms with Gasteiger partial charge >= 0.3 is 0 Å². The van der Waals surface area contributed by atoms with Crippen molar-refractivity contribution >= 4 is 33.5 Å². The summed E-state index contributed by atoms with van der Waals surface area (Å²) in [5.41, 5.74) is 1.97. The van der Waals surface area contributed by atoms with Crippen molar-refractivity contribution in [2.24, 2.45) is 10.2 Å². The van der Waals surface area contributed by atoms with Crippen molar-refractivity contribution in [3.8, 4) is 11.5 Å². The van der Waals surface area contributed by atoms with E-state index < -0.39 is 0 Å². The Balaban J connectivity index is 2.30. The van der Waals surface area contributed by atoms with Crippen LogP contribution in [0.25, 0.3) is 0 Å². The lowest BCUT2D eigenvalue weighted by molar-refractivity contribution is 0.317. The molecule has 118 valence electrons. The van der Waals surface area contributed by atoms with Crippen LogP contribution in [-0.4, -0.2) is 22.5 Å². The number of nitrogens with zero attached hydrogens (tertiary/aromatic N) is 3. The summed E-state index contributed by atoms with van der Waals surface area (Å²) < 4.78 is 8.05. The van der Waals surface area contributed by atoms with Crippen LogP contribution in [0.2, 0.25) is 0 Å². The molecule has 0 bridgehead atoms. The zero-order valence-corrected chi connectivity index (χ0v) is 15.1. The summed E-state index contributed by atoms with van der Waals surface area (Å²) in [6.45, 7) is 7.34. The molecule has 0 aliphatic heterocycles. The maximum absolute atomic E-state index is 9.89. The van der Waals surface area contributed by atoms with Crippen molar-refractivity contribution in [3.05, 3.63) is 38.0 Å². The summed E-state index contributed by atoms with van der Waals surface area (Å²) in [4.78, 5) is 0.860. The molecule has 5 nitrogen and oxygen atoms in total. The van der Waals surface area contributed by atoms with Gasteiger partial charge in [0, 0.05) is 17.6 Å². The van der Waals surface area contributed by atoms with Gasteiger partial charge in [-0.2, -0.15) is 5.10 Å². The van der Waals surface area contributed by atoms with Crippen LogP contribution in [0.1, 0.15) is 25.1 Å². The largest absolute Gasteiger partial charge is 0.503 e. The Hall–Kier alpha value is -1.60. The minimum Gasteiger partial charge on any atom is -0.503 e. The topological polar surface area (TPSA) is 59.1 Å². The van der Waals surface area contributed by atoms with Crippen LogP contribution < -0.4 is 9.54 Å². The van der Waals surface area contributed by atoms with Crippen LogP contribution in [0.4, 0.5) is 0 Å². The van der Waals surface area contributed by atoms with E-state index in [4.69, 9.17) is 4.74 Å². The quantitative estimate of drug-likeness (QED) is 0.632. The fourth-order valence-corrected chi connectivity index (χ4v) is 3.31. The third kappa shape index (κ3) is 3.78. The van der Waals surface area contributed by atoms with Gasteiger partial charge in [0.1, 0.15) is 0 Å². The second kappa shape index (κ2) is 7.60. The molecular formula is C15H18BrN3O2S. The summed E-state index contributed by atoms with van der Waals surface area (Å²) in [5.74, 6) is 0.516. The predicted molar refractivity (Wildman–Crippen MR) is 92.9 cm³/mol. The zero-order valence-electron chi connectivity index (χ0n) is 12.7. The van der Waals surface area contributed by atoms with Crippen molar-refractivity contribution in [2.75, 3.05) is 6.61 Å². The molecule has 1 aromatic carbocycles. The van der Waals surface area contributed by atoms with E-state index in [1.807, 2.05) is 13.8 Å². The number of aromatic hydroxyl groups is 1. The molecule has 0 aliphatic carbocycles. The number of aromatic nitrogens is 1. The Labute approximate surface area is 141 Å². The van der Waals surface area contributed by atoms with Crippen molar-refractivity contribution in [3.63, 3.8) is 0 Å². The number of benzene rings is 1. The number of aryl methyl sites for hydroxylation is 1. The van der Waals surface area contributed by atoms with Gasteiger partial charge < -0.3 is 14.4 Å². The van der Waals surface area contributed by atoms with Gasteiger partial charge in [-0.3, -0.25) is 0 Å². The first-order chi connectivity index (χ1) is 10.6. The molecule has 7 heteroatoms. The number of phenols is 1. The van der Waals surface area contributed by atoms with Gasteiger partial charge in [-0.05, 0) is 54.4 Å². The van der Waals surface area contributed by atoms with E-state index in [1.165, 1.54) is 5.69 Å². The third-order valence-electron chi connectivity index (χ3n) is 3.01. The number of rotatable bonds is 5. The normalized spacial score (nSPS) is 12.3. The maximum atomic E-state index is 9.89. The molecule has 0 aliphatic rings. The highest BCUT2D eigenvalue weighted by atomic mass is 79.9. The monoisotopic (exact) mass is 383 g/mol. The molecule has 22 heavy (non-hydrogen) atoms. The molecule has 0 fully saturated rings. The second-order valence-electron chi connectivity index (χ2n) is 4.53. The molecule has 0 unspecified atom stereocenters. The fourth-order valence-electron chi connectivity index (χ4n) is 1.96. The summed E-state index contributed by atoms with van der Waals surface area (Å²) in [5, 5.41) is 20.3. The van der Waals surface area contributed by atoms with Crippen molar-refractivity contribution in [2.45, 2.75) is 27.3 Å². The predicted octanol–water partition coefficient (Wildman–Crippen LogP) is 3.68. The summed E-state index contributed by atoms with van der Waals surface area (Å²) in [7, 11) is 0. The van der Waals surface area contributed by atoms with Crippen LogP contribution in [0.5, 0.6) is 11.5 Å². The van der Waals surface area contributed by atoms with E-state index >= 15 is 0 Å². The molecule has 2 rings (SSSR count). The minimum atomic E-state index is 0.0913. The molecule has 1 aromatic heterocycles. The Morgan fingerprint density at radius 2 is 2.18 bits per heavy atom. The van der Waals surface area contributed by atoms with E-state index in [-0.39, 0.29) is 5.75 Å². The highest BCUT2D eigenvalue weighted by molar-refractivity contribution is 9.10. The molecular weight excluding hydrogens is 366 g/mol. The Kier molecular flexibility index (Phi) is 5.79. The van der Waals surface area contributed by atoms with Crippen molar-refractivity contribution < 1.29 is 9.84 Å². The van der Waals surface area contributed by atoms with Gasteiger partial charge in [0.15, 0.2) is 11.5 Å². The zero-order chi connectivity index (χ0) is 16.1. The average molecular weight is 384 g/mol. The van der Waals surface area contributed by atoms with Crippen molar-refractivity contribution in [1.82, 2.24) is 4.57 Å². The lowest BCUT2D eigenvalue weighted by atomic mass is 10.2. The van der Waals surface area contributed by atoms with E-state index in [1.54, 1.807) is 29.7 Å². The van der Waals surface area contributed by atoms with E-state index in [9.17, 15) is 5.11 Å². The lowest BCUT2D eigenvalue weighted by Crippen LogP contribution is -2.14. The number of hydrogen-bond acceptors (Lipinski definition) is 5. The van der Waals surface area contributed by atoms with Crippen LogP contribution in [0.3, 0.4) is 0 Å². The summed E-state index contributed by atoms with van der Waals surface area (Å²) >= 11 is 4.87. The van der Waals surface area contributed by atoms with E-state index in [0.717, 1.165) is 16.9 Å². The fraction of sp³-hybridized carbons (Fsp3) is 0.333. The number of thiazole rings is 1. The molecule has 1 N–H and O–H groups in total. The SMILES string of the molecule is CCOc1cc(/C=N\N=c2/scc(C)n2CC)cc(Br)c1O. The highest BCUT2D eigenvalue weighted by Gasteiger charge is 2.08. The summed E-state index contributed by atoms with van der Waals surface area (Å²) in [6.07, 6.45) is 1.64. The molecule has 2 aromatic rings. The van der Waals surface area contributed by atoms with Gasteiger partial charge in [-0.15, -0.1) is 16.4 Å². The van der Waals surface area contributed by atoms with Gasteiger partial charge in [0.25, 0.3) is 0 Å². The molecule has 0 saturated heterocycles. The van der Waals surface area contributed by atoms with Crippen molar-refractivity contribution in [1.29, 1.82) is 0 Å². The smallest absolute Gasteiger partial charge is 0.210 e. The number of ether oxygens (including phenoxy) is 1. The molecule has 0 radical (unpaired) electrons. The molecule has 0 saturated carbocycles. The summed E-state index contributed by atoms with van der Waals surface area (Å²) in [6, 6.07) is 3.50. The molecule has 0 atom stereocenters. The van der Waals surface area contributed by atoms with Gasteiger partial charge in [0.2, 0.25) is 4.80 Å². The molecule has 0 spiro atoms. The Bertz CT molecular complexity index is 750. The first kappa shape index (κ1) is 16.8. The standard InChI is InChI=1S/C15H18BrN3O2S/c1-4-19-10(3)9-22-15(19)18-17-8-11-6-12(16)14(20)13(7-11)21-5-2/h6-9,20H,4-5H2,1-3H3/b17-8-,18-15-. The van der Waals surface area contributed by atoms with Gasteiger partial charge in [-0.25, -0.2) is 0 Å². The second-order valence-corrected chi connectivity index (χ2v) is 6.22.